The molecule has 246 valence electrons. The van der Waals surface area contributed by atoms with Gasteiger partial charge in [0.1, 0.15) is 0 Å². The Morgan fingerprint density at radius 1 is 0.431 bits per heavy atom. The summed E-state index contributed by atoms with van der Waals surface area (Å²) >= 11 is 0. The van der Waals surface area contributed by atoms with Gasteiger partial charge in [-0.15, -0.1) is 0 Å². The van der Waals surface area contributed by atoms with Crippen molar-refractivity contribution in [2.45, 2.75) is 34.1 Å². The van der Waals surface area contributed by atoms with E-state index in [1.807, 2.05) is 0 Å². The molecule has 0 aliphatic heterocycles. The fourth-order valence-corrected chi connectivity index (χ4v) is 8.17. The lowest BCUT2D eigenvalue weighted by atomic mass is 9.63. The van der Waals surface area contributed by atoms with Gasteiger partial charge in [0.25, 0.3) is 0 Å². The molecule has 0 heterocycles. The molecule has 0 spiro atoms. The zero-order valence-electron chi connectivity index (χ0n) is 29.9. The van der Waals surface area contributed by atoms with Gasteiger partial charge >= 0.3 is 0 Å². The summed E-state index contributed by atoms with van der Waals surface area (Å²) in [6, 6.07) is 58.3. The molecule has 0 saturated heterocycles. The second-order valence-corrected chi connectivity index (χ2v) is 15.6. The molecular formula is C51H42. The van der Waals surface area contributed by atoms with Gasteiger partial charge < -0.3 is 0 Å². The fourth-order valence-electron chi connectivity index (χ4n) is 8.17. The van der Waals surface area contributed by atoms with E-state index in [9.17, 15) is 0 Å². The minimum atomic E-state index is 0.0112. The van der Waals surface area contributed by atoms with E-state index in [4.69, 9.17) is 0 Å². The number of fused-ring (bicyclic) bond motifs is 4. The maximum absolute atomic E-state index is 2.61. The maximum Gasteiger partial charge on any atom is -0.00295 e. The predicted molar refractivity (Wildman–Crippen MR) is 221 cm³/mol. The molecule has 8 aromatic carbocycles. The Balaban J connectivity index is 1.24. The Kier molecular flexibility index (Phi) is 7.33. The maximum atomic E-state index is 2.61. The molecule has 1 aliphatic rings. The normalized spacial score (nSPS) is 15.8. The Morgan fingerprint density at radius 2 is 0.941 bits per heavy atom. The van der Waals surface area contributed by atoms with Crippen molar-refractivity contribution in [3.63, 3.8) is 0 Å². The van der Waals surface area contributed by atoms with Crippen molar-refractivity contribution in [2.75, 3.05) is 0 Å². The Labute approximate surface area is 301 Å². The van der Waals surface area contributed by atoms with Gasteiger partial charge in [0, 0.05) is 0 Å². The van der Waals surface area contributed by atoms with Gasteiger partial charge in [-0.1, -0.05) is 192 Å². The van der Waals surface area contributed by atoms with Crippen LogP contribution < -0.4 is 10.4 Å². The lowest BCUT2D eigenvalue weighted by molar-refractivity contribution is 0.194. The second kappa shape index (κ2) is 12.0. The smallest absolute Gasteiger partial charge is 0.00295 e. The van der Waals surface area contributed by atoms with Crippen LogP contribution in [-0.4, -0.2) is 0 Å². The van der Waals surface area contributed by atoms with Crippen molar-refractivity contribution in [1.82, 2.24) is 0 Å². The molecule has 1 aliphatic carbocycles. The van der Waals surface area contributed by atoms with Crippen LogP contribution in [0.3, 0.4) is 0 Å². The second-order valence-electron chi connectivity index (χ2n) is 15.6. The summed E-state index contributed by atoms with van der Waals surface area (Å²) in [5, 5.41) is 10.4. The Hall–Kier alpha value is -5.72. The molecule has 0 heteroatoms. The molecule has 51 heavy (non-hydrogen) atoms. The van der Waals surface area contributed by atoms with Crippen LogP contribution in [-0.2, 0) is 0 Å². The van der Waals surface area contributed by atoms with Gasteiger partial charge in [0.2, 0.25) is 0 Å². The summed E-state index contributed by atoms with van der Waals surface area (Å²) in [4.78, 5) is 0. The molecule has 0 nitrogen and oxygen atoms in total. The summed E-state index contributed by atoms with van der Waals surface area (Å²) in [6.45, 7) is 9.59. The summed E-state index contributed by atoms with van der Waals surface area (Å²) in [5.74, 6) is 0. The van der Waals surface area contributed by atoms with Crippen molar-refractivity contribution in [3.05, 3.63) is 168 Å². The predicted octanol–water partition coefficient (Wildman–Crippen LogP) is 12.8. The average molecular weight is 655 g/mol. The molecule has 0 fully saturated rings. The third-order valence-electron chi connectivity index (χ3n) is 11.7. The van der Waals surface area contributed by atoms with Gasteiger partial charge in [-0.25, -0.2) is 0 Å². The summed E-state index contributed by atoms with van der Waals surface area (Å²) < 4.78 is 0. The van der Waals surface area contributed by atoms with E-state index in [1.54, 1.807) is 0 Å². The highest BCUT2D eigenvalue weighted by atomic mass is 14.4. The lowest BCUT2D eigenvalue weighted by Crippen LogP contribution is -2.41. The van der Waals surface area contributed by atoms with Gasteiger partial charge in [0.15, 0.2) is 0 Å². The topological polar surface area (TPSA) is 0 Å². The fraction of sp³-hybridized carbons (Fsp3) is 0.137. The van der Waals surface area contributed by atoms with Crippen LogP contribution in [0.4, 0.5) is 0 Å². The molecule has 1 unspecified atom stereocenters. The quantitative estimate of drug-likeness (QED) is 0.177. The molecule has 0 amide bonds. The summed E-state index contributed by atoms with van der Waals surface area (Å²) in [7, 11) is 0. The van der Waals surface area contributed by atoms with E-state index in [-0.39, 0.29) is 10.8 Å². The van der Waals surface area contributed by atoms with Gasteiger partial charge in [-0.2, -0.15) is 0 Å². The first kappa shape index (κ1) is 31.3. The van der Waals surface area contributed by atoms with Crippen molar-refractivity contribution < 1.29 is 0 Å². The summed E-state index contributed by atoms with van der Waals surface area (Å²) in [6.07, 6.45) is 6.15. The Bertz CT molecular complexity index is 2730. The van der Waals surface area contributed by atoms with E-state index in [0.29, 0.717) is 0 Å². The highest BCUT2D eigenvalue weighted by Crippen LogP contribution is 2.45. The molecule has 0 saturated carbocycles. The number of rotatable bonds is 4. The van der Waals surface area contributed by atoms with Crippen LogP contribution >= 0.6 is 0 Å². The molecule has 9 rings (SSSR count). The number of hydrogen-bond donors (Lipinski definition) is 0. The van der Waals surface area contributed by atoms with Gasteiger partial charge in [-0.3, -0.25) is 0 Å². The van der Waals surface area contributed by atoms with Crippen molar-refractivity contribution >= 4 is 44.5 Å². The summed E-state index contributed by atoms with van der Waals surface area (Å²) in [5.41, 5.74) is 10.3. The van der Waals surface area contributed by atoms with Crippen LogP contribution in [0.2, 0.25) is 0 Å². The number of hydrogen-bond acceptors (Lipinski definition) is 0. The minimum Gasteiger partial charge on any atom is -0.0751 e. The molecule has 0 aromatic heterocycles. The van der Waals surface area contributed by atoms with Crippen molar-refractivity contribution in [1.29, 1.82) is 0 Å². The van der Waals surface area contributed by atoms with Crippen LogP contribution in [0.1, 0.15) is 34.1 Å². The molecule has 1 atom stereocenters. The van der Waals surface area contributed by atoms with Crippen LogP contribution in [0.25, 0.3) is 89.0 Å². The van der Waals surface area contributed by atoms with Crippen LogP contribution in [0.5, 0.6) is 0 Å². The SMILES string of the molecule is CC(C)(C)C1(C)C=c2c(-c3ccc(-c4cccc5ccccc45)cc3)c3ccccc3c(-c3ccc(-c4ccc5ccccc5c4)cc3)c2=CC1. The molecule has 0 bridgehead atoms. The lowest BCUT2D eigenvalue weighted by Gasteiger charge is -2.41. The van der Waals surface area contributed by atoms with Crippen molar-refractivity contribution in [2.24, 2.45) is 10.8 Å². The van der Waals surface area contributed by atoms with E-state index in [1.165, 1.54) is 87.3 Å². The standard InChI is InChI=1S/C51H42/c1-50(2,3)51(4)31-30-46-47(33-51)49(39-27-23-37(24-28-39)43-19-11-15-36-13-7-8-16-42(36)43)45-18-10-9-17-44(45)48(46)38-25-20-35(21-26-38)41-29-22-34-12-5-6-14-40(34)32-41/h5-30,32-33H,31H2,1-4H3. The highest BCUT2D eigenvalue weighted by molar-refractivity contribution is 6.06. The first-order valence-corrected chi connectivity index (χ1v) is 18.2. The minimum absolute atomic E-state index is 0.0112. The largest absolute Gasteiger partial charge is 0.0751 e. The van der Waals surface area contributed by atoms with Gasteiger partial charge in [0.05, 0.1) is 0 Å². The van der Waals surface area contributed by atoms with E-state index in [0.717, 1.165) is 6.42 Å². The molecular weight excluding hydrogens is 613 g/mol. The highest BCUT2D eigenvalue weighted by Gasteiger charge is 2.36. The van der Waals surface area contributed by atoms with E-state index >= 15 is 0 Å². The molecule has 0 N–H and O–H groups in total. The first-order valence-electron chi connectivity index (χ1n) is 18.2. The molecule has 8 aromatic rings. The average Bonchev–Trinajstić information content (AvgIpc) is 3.16. The molecule has 0 radical (unpaired) electrons. The van der Waals surface area contributed by atoms with Crippen LogP contribution in [0, 0.1) is 10.8 Å². The Morgan fingerprint density at radius 3 is 1.61 bits per heavy atom. The zero-order valence-corrected chi connectivity index (χ0v) is 29.9. The van der Waals surface area contributed by atoms with Crippen LogP contribution in [0.15, 0.2) is 158 Å². The third kappa shape index (κ3) is 5.29. The monoisotopic (exact) mass is 654 g/mol. The third-order valence-corrected chi connectivity index (χ3v) is 11.7. The first-order chi connectivity index (χ1) is 24.8. The number of benzene rings is 8. The van der Waals surface area contributed by atoms with E-state index in [2.05, 4.69) is 198 Å². The van der Waals surface area contributed by atoms with Gasteiger partial charge in [-0.05, 0) is 111 Å². The van der Waals surface area contributed by atoms with Crippen molar-refractivity contribution in [3.8, 4) is 44.5 Å². The zero-order chi connectivity index (χ0) is 34.7. The van der Waals surface area contributed by atoms with E-state index < -0.39 is 0 Å².